The number of halogens is 1. The highest BCUT2D eigenvalue weighted by atomic mass is 35.5. The van der Waals surface area contributed by atoms with Crippen LogP contribution in [-0.2, 0) is 4.79 Å². The molecule has 0 aliphatic rings. The number of carbonyl (C=O) groups excluding carboxylic acids is 2. The van der Waals surface area contributed by atoms with Crippen LogP contribution in [0.25, 0.3) is 10.8 Å². The molecule has 2 N–H and O–H groups in total. The van der Waals surface area contributed by atoms with Crippen LogP contribution in [0, 0.1) is 10.1 Å². The summed E-state index contributed by atoms with van der Waals surface area (Å²) in [4.78, 5) is 34.5. The summed E-state index contributed by atoms with van der Waals surface area (Å²) in [5.74, 6) is -0.924. The second-order valence-electron chi connectivity index (χ2n) is 5.97. The number of benzene rings is 3. The lowest BCUT2D eigenvalue weighted by Gasteiger charge is -2.07. The van der Waals surface area contributed by atoms with E-state index >= 15 is 0 Å². The molecule has 146 valence electrons. The lowest BCUT2D eigenvalue weighted by Crippen LogP contribution is -2.35. The van der Waals surface area contributed by atoms with Gasteiger partial charge in [-0.2, -0.15) is 5.10 Å². The van der Waals surface area contributed by atoms with Crippen molar-refractivity contribution in [2.75, 3.05) is 6.54 Å². The Morgan fingerprint density at radius 3 is 2.66 bits per heavy atom. The maximum absolute atomic E-state index is 12.4. The third kappa shape index (κ3) is 4.94. The summed E-state index contributed by atoms with van der Waals surface area (Å²) < 4.78 is 0. The van der Waals surface area contributed by atoms with E-state index in [1.807, 2.05) is 30.3 Å². The molecule has 0 atom stereocenters. The fourth-order valence-corrected chi connectivity index (χ4v) is 2.83. The average molecular weight is 411 g/mol. The molecule has 0 saturated heterocycles. The summed E-state index contributed by atoms with van der Waals surface area (Å²) in [6.45, 7) is -0.278. The maximum Gasteiger partial charge on any atom is 0.288 e. The number of nitrogens with one attached hydrogen (secondary N) is 2. The number of nitro groups is 1. The number of amides is 2. The molecule has 0 saturated carbocycles. The van der Waals surface area contributed by atoms with Crippen LogP contribution in [-0.4, -0.2) is 29.5 Å². The first kappa shape index (κ1) is 20.0. The second-order valence-corrected chi connectivity index (χ2v) is 6.38. The number of hydrazone groups is 1. The normalized spacial score (nSPS) is 10.8. The monoisotopic (exact) mass is 410 g/mol. The molecule has 0 aliphatic heterocycles. The number of rotatable bonds is 6. The van der Waals surface area contributed by atoms with Gasteiger partial charge in [0, 0.05) is 17.2 Å². The van der Waals surface area contributed by atoms with Crippen LogP contribution in [0.3, 0.4) is 0 Å². The highest BCUT2D eigenvalue weighted by molar-refractivity contribution is 6.32. The molecule has 0 spiro atoms. The summed E-state index contributed by atoms with van der Waals surface area (Å²) in [6.07, 6.45) is 1.24. The van der Waals surface area contributed by atoms with Crippen molar-refractivity contribution in [2.45, 2.75) is 0 Å². The Labute approximate surface area is 170 Å². The van der Waals surface area contributed by atoms with Gasteiger partial charge in [0.25, 0.3) is 17.5 Å². The number of nitro benzene ring substituents is 1. The summed E-state index contributed by atoms with van der Waals surface area (Å²) in [5, 5.41) is 18.9. The zero-order valence-corrected chi connectivity index (χ0v) is 15.7. The first-order valence-electron chi connectivity index (χ1n) is 8.47. The van der Waals surface area contributed by atoms with Crippen molar-refractivity contribution in [2.24, 2.45) is 5.10 Å². The van der Waals surface area contributed by atoms with Gasteiger partial charge in [-0.3, -0.25) is 19.7 Å². The fraction of sp³-hybridized carbons (Fsp3) is 0.0500. The van der Waals surface area contributed by atoms with Crippen LogP contribution in [0.4, 0.5) is 5.69 Å². The predicted molar refractivity (Wildman–Crippen MR) is 110 cm³/mol. The highest BCUT2D eigenvalue weighted by Crippen LogP contribution is 2.24. The Morgan fingerprint density at radius 2 is 1.86 bits per heavy atom. The van der Waals surface area contributed by atoms with E-state index in [0.29, 0.717) is 11.1 Å². The minimum absolute atomic E-state index is 0.00679. The molecule has 0 radical (unpaired) electrons. The molecule has 0 aliphatic carbocycles. The van der Waals surface area contributed by atoms with Crippen molar-refractivity contribution in [3.63, 3.8) is 0 Å². The van der Waals surface area contributed by atoms with Crippen LogP contribution in [0.1, 0.15) is 15.9 Å². The Hall–Kier alpha value is -3.78. The summed E-state index contributed by atoms with van der Waals surface area (Å²) in [5.41, 5.74) is 2.85. The molecular formula is C20H15ClN4O4. The number of hydrogen-bond acceptors (Lipinski definition) is 5. The molecule has 29 heavy (non-hydrogen) atoms. The Kier molecular flexibility index (Phi) is 6.16. The van der Waals surface area contributed by atoms with Gasteiger partial charge in [0.15, 0.2) is 0 Å². The van der Waals surface area contributed by atoms with E-state index in [-0.39, 0.29) is 23.2 Å². The molecule has 0 fully saturated rings. The summed E-state index contributed by atoms with van der Waals surface area (Å²) >= 11 is 5.74. The molecule has 3 aromatic rings. The molecule has 0 bridgehead atoms. The molecule has 9 heteroatoms. The van der Waals surface area contributed by atoms with Crippen molar-refractivity contribution in [3.8, 4) is 0 Å². The molecule has 0 heterocycles. The van der Waals surface area contributed by atoms with Crippen molar-refractivity contribution in [1.82, 2.24) is 10.7 Å². The molecule has 2 amide bonds. The quantitative estimate of drug-likeness (QED) is 0.368. The summed E-state index contributed by atoms with van der Waals surface area (Å²) in [6, 6.07) is 16.9. The molecule has 8 nitrogen and oxygen atoms in total. The first-order chi connectivity index (χ1) is 14.0. The predicted octanol–water partition coefficient (Wildman–Crippen LogP) is 3.28. The number of carbonyl (C=O) groups is 2. The molecular weight excluding hydrogens is 396 g/mol. The number of fused-ring (bicyclic) bond motifs is 1. The average Bonchev–Trinajstić information content (AvgIpc) is 2.72. The Morgan fingerprint density at radius 1 is 1.10 bits per heavy atom. The third-order valence-corrected chi connectivity index (χ3v) is 4.33. The Balaban J connectivity index is 1.57. The van der Waals surface area contributed by atoms with Crippen LogP contribution in [0.2, 0.25) is 5.02 Å². The number of hydrogen-bond donors (Lipinski definition) is 2. The van der Waals surface area contributed by atoms with Crippen molar-refractivity contribution >= 4 is 46.1 Å². The van der Waals surface area contributed by atoms with E-state index in [1.165, 1.54) is 24.4 Å². The minimum atomic E-state index is -0.610. The SMILES string of the molecule is O=C(CNC(=O)c1cccc2ccccc12)NN=Cc1ccc(Cl)c([N+](=O)[O-])c1. The van der Waals surface area contributed by atoms with Crippen molar-refractivity contribution in [1.29, 1.82) is 0 Å². The van der Waals surface area contributed by atoms with Gasteiger partial charge >= 0.3 is 0 Å². The van der Waals surface area contributed by atoms with Gasteiger partial charge in [-0.1, -0.05) is 54.1 Å². The van der Waals surface area contributed by atoms with Crippen LogP contribution in [0.5, 0.6) is 0 Å². The zero-order chi connectivity index (χ0) is 20.8. The lowest BCUT2D eigenvalue weighted by molar-refractivity contribution is -0.384. The maximum atomic E-state index is 12.4. The van der Waals surface area contributed by atoms with E-state index < -0.39 is 10.8 Å². The minimum Gasteiger partial charge on any atom is -0.343 e. The molecule has 0 aromatic heterocycles. The third-order valence-electron chi connectivity index (χ3n) is 4.01. The van der Waals surface area contributed by atoms with Crippen molar-refractivity contribution in [3.05, 3.63) is 86.9 Å². The zero-order valence-electron chi connectivity index (χ0n) is 15.0. The fourth-order valence-electron chi connectivity index (χ4n) is 2.65. The van der Waals surface area contributed by atoms with Gasteiger partial charge in [0.05, 0.1) is 17.7 Å². The summed E-state index contributed by atoms with van der Waals surface area (Å²) in [7, 11) is 0. The van der Waals surface area contributed by atoms with E-state index in [4.69, 9.17) is 11.6 Å². The van der Waals surface area contributed by atoms with E-state index in [0.717, 1.165) is 10.8 Å². The van der Waals surface area contributed by atoms with E-state index in [9.17, 15) is 19.7 Å². The second kappa shape index (κ2) is 8.94. The largest absolute Gasteiger partial charge is 0.343 e. The smallest absolute Gasteiger partial charge is 0.288 e. The highest BCUT2D eigenvalue weighted by Gasteiger charge is 2.12. The van der Waals surface area contributed by atoms with E-state index in [2.05, 4.69) is 15.8 Å². The van der Waals surface area contributed by atoms with E-state index in [1.54, 1.807) is 12.1 Å². The van der Waals surface area contributed by atoms with Gasteiger partial charge < -0.3 is 5.32 Å². The molecule has 3 rings (SSSR count). The van der Waals surface area contributed by atoms with Crippen molar-refractivity contribution < 1.29 is 14.5 Å². The van der Waals surface area contributed by atoms with Gasteiger partial charge in [-0.25, -0.2) is 5.43 Å². The van der Waals surface area contributed by atoms with Crippen LogP contribution < -0.4 is 10.7 Å². The number of nitrogens with zero attached hydrogens (tertiary/aromatic N) is 2. The standard InChI is InChI=1S/C20H15ClN4O4/c21-17-9-8-13(10-18(17)25(28)29)11-23-24-19(26)12-22-20(27)16-7-3-5-14-4-1-2-6-15(14)16/h1-11H,12H2,(H,22,27)(H,24,26). The topological polar surface area (TPSA) is 114 Å². The molecule has 0 unspecified atom stereocenters. The van der Waals surface area contributed by atoms with Gasteiger partial charge in [0.2, 0.25) is 0 Å². The first-order valence-corrected chi connectivity index (χ1v) is 8.85. The van der Waals surface area contributed by atoms with Crippen LogP contribution >= 0.6 is 11.6 Å². The van der Waals surface area contributed by atoms with Gasteiger partial charge in [-0.05, 0) is 22.9 Å². The van der Waals surface area contributed by atoms with Gasteiger partial charge in [-0.15, -0.1) is 0 Å². The lowest BCUT2D eigenvalue weighted by atomic mass is 10.0. The van der Waals surface area contributed by atoms with Crippen LogP contribution in [0.15, 0.2) is 65.8 Å². The Bertz CT molecular complexity index is 1130. The molecule has 3 aromatic carbocycles. The van der Waals surface area contributed by atoms with Gasteiger partial charge in [0.1, 0.15) is 5.02 Å².